The zero-order valence-electron chi connectivity index (χ0n) is 16.2. The van der Waals surface area contributed by atoms with E-state index >= 15 is 0 Å². The quantitative estimate of drug-likeness (QED) is 0.628. The molecule has 0 saturated carbocycles. The van der Waals surface area contributed by atoms with Crippen molar-refractivity contribution in [2.45, 2.75) is 25.2 Å². The molecule has 0 spiro atoms. The Morgan fingerprint density at radius 3 is 2.70 bits per heavy atom. The molecule has 1 heterocycles. The van der Waals surface area contributed by atoms with Crippen LogP contribution in [0.15, 0.2) is 48.5 Å². The third-order valence-corrected chi connectivity index (χ3v) is 4.42. The van der Waals surface area contributed by atoms with Crippen LogP contribution in [0.5, 0.6) is 11.5 Å². The van der Waals surface area contributed by atoms with Crippen molar-refractivity contribution >= 4 is 6.09 Å². The molecular weight excluding hydrogens is 401 g/mol. The maximum Gasteiger partial charge on any atom is 0.422 e. The van der Waals surface area contributed by atoms with Gasteiger partial charge < -0.3 is 24.8 Å². The van der Waals surface area contributed by atoms with Gasteiger partial charge in [-0.15, -0.1) is 0 Å². The summed E-state index contributed by atoms with van der Waals surface area (Å²) < 4.78 is 52.4. The number of benzene rings is 2. The molecule has 2 aromatic rings. The van der Waals surface area contributed by atoms with Gasteiger partial charge >= 0.3 is 12.3 Å². The number of fused-ring (bicyclic) bond motifs is 1. The van der Waals surface area contributed by atoms with Gasteiger partial charge in [-0.05, 0) is 11.6 Å². The van der Waals surface area contributed by atoms with E-state index in [2.05, 4.69) is 10.6 Å². The predicted molar refractivity (Wildman–Crippen MR) is 103 cm³/mol. The number of alkyl halides is 3. The van der Waals surface area contributed by atoms with E-state index in [1.165, 1.54) is 12.1 Å². The van der Waals surface area contributed by atoms with Crippen molar-refractivity contribution in [3.05, 3.63) is 59.7 Å². The van der Waals surface area contributed by atoms with E-state index in [0.29, 0.717) is 31.9 Å². The molecule has 1 aliphatic heterocycles. The second kappa shape index (κ2) is 10.2. The molecule has 2 aromatic carbocycles. The summed E-state index contributed by atoms with van der Waals surface area (Å²) in [5, 5.41) is 5.99. The fraction of sp³-hybridized carbons (Fsp3) is 0.381. The molecule has 1 unspecified atom stereocenters. The van der Waals surface area contributed by atoms with Crippen LogP contribution < -0.4 is 20.1 Å². The van der Waals surface area contributed by atoms with Crippen molar-refractivity contribution < 1.29 is 32.2 Å². The van der Waals surface area contributed by atoms with Gasteiger partial charge in [0, 0.05) is 37.2 Å². The summed E-state index contributed by atoms with van der Waals surface area (Å²) in [6, 6.07) is 14.0. The van der Waals surface area contributed by atoms with Crippen LogP contribution in [0, 0.1) is 0 Å². The average molecular weight is 424 g/mol. The highest BCUT2D eigenvalue weighted by Gasteiger charge is 2.29. The zero-order valence-corrected chi connectivity index (χ0v) is 16.2. The first kappa shape index (κ1) is 21.8. The summed E-state index contributed by atoms with van der Waals surface area (Å²) >= 11 is 0. The van der Waals surface area contributed by atoms with Crippen LogP contribution in [0.25, 0.3) is 0 Å². The molecule has 162 valence electrons. The summed E-state index contributed by atoms with van der Waals surface area (Å²) in [6.45, 7) is 0.148. The molecular formula is C21H23F3N2O4. The number of amides is 1. The topological polar surface area (TPSA) is 68.8 Å². The lowest BCUT2D eigenvalue weighted by atomic mass is 10.0. The molecule has 9 heteroatoms. The first-order chi connectivity index (χ1) is 14.4. The number of ether oxygens (including phenoxy) is 3. The lowest BCUT2D eigenvalue weighted by molar-refractivity contribution is -0.153. The summed E-state index contributed by atoms with van der Waals surface area (Å²) in [5.41, 5.74) is 1.75. The number of rotatable bonds is 8. The molecule has 0 radical (unpaired) electrons. The monoisotopic (exact) mass is 424 g/mol. The molecule has 2 N–H and O–H groups in total. The second-order valence-corrected chi connectivity index (χ2v) is 6.74. The molecule has 0 bridgehead atoms. The van der Waals surface area contributed by atoms with Crippen molar-refractivity contribution in [1.82, 2.24) is 10.6 Å². The summed E-state index contributed by atoms with van der Waals surface area (Å²) in [7, 11) is 0. The average Bonchev–Trinajstić information content (AvgIpc) is 2.74. The first-order valence-corrected chi connectivity index (χ1v) is 9.55. The molecule has 1 amide bonds. The third kappa shape index (κ3) is 6.84. The Hall–Kier alpha value is -2.94. The highest BCUT2D eigenvalue weighted by Crippen LogP contribution is 2.35. The van der Waals surface area contributed by atoms with E-state index < -0.39 is 18.9 Å². The molecule has 3 rings (SSSR count). The minimum absolute atomic E-state index is 0.0347. The SMILES string of the molecule is O=C(NCCNC1CCOc2cc(OCC(F)(F)F)ccc21)OCc1ccccc1. The number of hydrogen-bond acceptors (Lipinski definition) is 5. The number of carbonyl (C=O) groups is 1. The van der Waals surface area contributed by atoms with Gasteiger partial charge in [-0.1, -0.05) is 36.4 Å². The Kier molecular flexibility index (Phi) is 7.40. The third-order valence-electron chi connectivity index (χ3n) is 4.42. The standard InChI is InChI=1S/C21H23F3N2O4/c22-21(23,24)14-30-16-6-7-17-18(8-11-28-19(17)12-16)25-9-10-26-20(27)29-13-15-4-2-1-3-5-15/h1-7,12,18,25H,8-11,13-14H2,(H,26,27). The minimum Gasteiger partial charge on any atom is -0.493 e. The number of halogens is 3. The summed E-state index contributed by atoms with van der Waals surface area (Å²) in [4.78, 5) is 11.8. The van der Waals surface area contributed by atoms with Gasteiger partial charge in [0.15, 0.2) is 6.61 Å². The van der Waals surface area contributed by atoms with E-state index in [1.54, 1.807) is 6.07 Å². The van der Waals surface area contributed by atoms with Gasteiger partial charge in [0.1, 0.15) is 18.1 Å². The Labute approximate surface area is 172 Å². The predicted octanol–water partition coefficient (Wildman–Crippen LogP) is 3.97. The summed E-state index contributed by atoms with van der Waals surface area (Å²) in [6.07, 6.45) is -4.19. The van der Waals surface area contributed by atoms with Crippen LogP contribution in [-0.2, 0) is 11.3 Å². The van der Waals surface area contributed by atoms with Gasteiger partial charge in [0.2, 0.25) is 0 Å². The molecule has 0 fully saturated rings. The summed E-state index contributed by atoms with van der Waals surface area (Å²) in [5.74, 6) is 0.600. The van der Waals surface area contributed by atoms with Gasteiger partial charge in [-0.25, -0.2) is 4.79 Å². The smallest absolute Gasteiger partial charge is 0.422 e. The number of alkyl carbamates (subject to hydrolysis) is 1. The molecule has 6 nitrogen and oxygen atoms in total. The Morgan fingerprint density at radius 2 is 1.93 bits per heavy atom. The first-order valence-electron chi connectivity index (χ1n) is 9.55. The van der Waals surface area contributed by atoms with Crippen molar-refractivity contribution in [2.24, 2.45) is 0 Å². The van der Waals surface area contributed by atoms with Crippen LogP contribution in [0.3, 0.4) is 0 Å². The van der Waals surface area contributed by atoms with Crippen molar-refractivity contribution in [1.29, 1.82) is 0 Å². The van der Waals surface area contributed by atoms with E-state index in [4.69, 9.17) is 14.2 Å². The van der Waals surface area contributed by atoms with E-state index in [-0.39, 0.29) is 18.4 Å². The van der Waals surface area contributed by atoms with E-state index in [9.17, 15) is 18.0 Å². The molecule has 0 saturated heterocycles. The van der Waals surface area contributed by atoms with E-state index in [0.717, 1.165) is 11.1 Å². The highest BCUT2D eigenvalue weighted by molar-refractivity contribution is 5.67. The van der Waals surface area contributed by atoms with Crippen LogP contribution in [0.1, 0.15) is 23.6 Å². The van der Waals surface area contributed by atoms with Crippen molar-refractivity contribution in [3.63, 3.8) is 0 Å². The molecule has 1 atom stereocenters. The Balaban J connectivity index is 1.42. The van der Waals surface area contributed by atoms with Crippen LogP contribution in [-0.4, -0.2) is 38.6 Å². The lowest BCUT2D eigenvalue weighted by Crippen LogP contribution is -2.35. The van der Waals surface area contributed by atoms with Gasteiger partial charge in [-0.2, -0.15) is 13.2 Å². The molecule has 1 aliphatic rings. The molecule has 0 aromatic heterocycles. The zero-order chi connectivity index (χ0) is 21.4. The fourth-order valence-corrected chi connectivity index (χ4v) is 3.02. The largest absolute Gasteiger partial charge is 0.493 e. The maximum atomic E-state index is 12.3. The minimum atomic E-state index is -4.39. The highest BCUT2D eigenvalue weighted by atomic mass is 19.4. The second-order valence-electron chi connectivity index (χ2n) is 6.74. The van der Waals surface area contributed by atoms with Gasteiger partial charge in [-0.3, -0.25) is 0 Å². The maximum absolute atomic E-state index is 12.3. The van der Waals surface area contributed by atoms with Crippen LogP contribution in [0.4, 0.5) is 18.0 Å². The normalized spacial score (nSPS) is 15.6. The van der Waals surface area contributed by atoms with E-state index in [1.807, 2.05) is 30.3 Å². The Bertz CT molecular complexity index is 831. The fourth-order valence-electron chi connectivity index (χ4n) is 3.02. The van der Waals surface area contributed by atoms with Gasteiger partial charge in [0.25, 0.3) is 0 Å². The van der Waals surface area contributed by atoms with Crippen molar-refractivity contribution in [3.8, 4) is 11.5 Å². The molecule has 30 heavy (non-hydrogen) atoms. The molecule has 0 aliphatic carbocycles. The number of nitrogens with one attached hydrogen (secondary N) is 2. The van der Waals surface area contributed by atoms with Crippen LogP contribution >= 0.6 is 0 Å². The van der Waals surface area contributed by atoms with Crippen molar-refractivity contribution in [2.75, 3.05) is 26.3 Å². The lowest BCUT2D eigenvalue weighted by Gasteiger charge is -2.27. The van der Waals surface area contributed by atoms with Crippen LogP contribution in [0.2, 0.25) is 0 Å². The number of hydrogen-bond donors (Lipinski definition) is 2. The van der Waals surface area contributed by atoms with Gasteiger partial charge in [0.05, 0.1) is 6.61 Å². The number of carbonyl (C=O) groups excluding carboxylic acids is 1. The Morgan fingerprint density at radius 1 is 1.13 bits per heavy atom.